The van der Waals surface area contributed by atoms with Crippen molar-refractivity contribution < 1.29 is 8.42 Å². The molecule has 7 heteroatoms. The van der Waals surface area contributed by atoms with Crippen LogP contribution in [0.5, 0.6) is 0 Å². The smallest absolute Gasteiger partial charge is 0.270 e. The fraction of sp³-hybridized carbons (Fsp3) is 0.417. The van der Waals surface area contributed by atoms with Gasteiger partial charge in [-0.15, -0.1) is 11.3 Å². The van der Waals surface area contributed by atoms with Gasteiger partial charge in [0.05, 0.1) is 10.2 Å². The fourth-order valence-electron chi connectivity index (χ4n) is 2.19. The van der Waals surface area contributed by atoms with Crippen LogP contribution >= 0.6 is 11.3 Å². The van der Waals surface area contributed by atoms with Crippen LogP contribution in [0.15, 0.2) is 28.6 Å². The summed E-state index contributed by atoms with van der Waals surface area (Å²) >= 11 is 1.24. The number of fused-ring (bicyclic) bond motifs is 1. The monoisotopic (exact) mass is 297 g/mol. The molecule has 102 valence electrons. The molecule has 1 aromatic carbocycles. The van der Waals surface area contributed by atoms with E-state index in [1.54, 1.807) is 0 Å². The van der Waals surface area contributed by atoms with Crippen LogP contribution in [0, 0.1) is 0 Å². The lowest BCUT2D eigenvalue weighted by Gasteiger charge is -2.30. The summed E-state index contributed by atoms with van der Waals surface area (Å²) in [6.45, 7) is 3.67. The van der Waals surface area contributed by atoms with Crippen LogP contribution in [0.1, 0.15) is 6.92 Å². The standard InChI is InChI=1S/C12H15N3O2S2/c1-9-8-15(7-6-13-9)19(16,17)12-14-10-4-2-3-5-11(10)18-12/h2-5,9,13H,6-8H2,1H3/t9-/m1/s1. The zero-order valence-electron chi connectivity index (χ0n) is 10.5. The molecule has 3 rings (SSSR count). The van der Waals surface area contributed by atoms with Crippen molar-refractivity contribution in [2.75, 3.05) is 19.6 Å². The topological polar surface area (TPSA) is 62.3 Å². The van der Waals surface area contributed by atoms with Crippen molar-refractivity contribution in [2.24, 2.45) is 0 Å². The lowest BCUT2D eigenvalue weighted by molar-refractivity contribution is 0.310. The van der Waals surface area contributed by atoms with Crippen LogP contribution in [0.4, 0.5) is 0 Å². The summed E-state index contributed by atoms with van der Waals surface area (Å²) < 4.78 is 27.7. The maximum Gasteiger partial charge on any atom is 0.270 e. The Morgan fingerprint density at radius 3 is 2.95 bits per heavy atom. The number of rotatable bonds is 2. The Hall–Kier alpha value is -1.02. The molecule has 0 bridgehead atoms. The van der Waals surface area contributed by atoms with Crippen molar-refractivity contribution in [1.29, 1.82) is 0 Å². The number of sulfonamides is 1. The van der Waals surface area contributed by atoms with E-state index in [-0.39, 0.29) is 10.4 Å². The van der Waals surface area contributed by atoms with E-state index in [1.807, 2.05) is 31.2 Å². The molecule has 1 aliphatic heterocycles. The van der Waals surface area contributed by atoms with Gasteiger partial charge in [0.2, 0.25) is 4.34 Å². The number of hydrogen-bond donors (Lipinski definition) is 1. The lowest BCUT2D eigenvalue weighted by atomic mass is 10.3. The molecule has 1 N–H and O–H groups in total. The third-order valence-corrected chi connectivity index (χ3v) is 6.42. The second kappa shape index (κ2) is 4.82. The summed E-state index contributed by atoms with van der Waals surface area (Å²) in [4.78, 5) is 4.25. The minimum atomic E-state index is -3.46. The summed E-state index contributed by atoms with van der Waals surface area (Å²) in [5, 5.41) is 3.24. The van der Waals surface area contributed by atoms with Gasteiger partial charge in [-0.25, -0.2) is 13.4 Å². The molecule has 1 saturated heterocycles. The molecular weight excluding hydrogens is 282 g/mol. The number of nitrogens with one attached hydrogen (secondary N) is 1. The highest BCUT2D eigenvalue weighted by atomic mass is 32.2. The molecule has 0 aliphatic carbocycles. The van der Waals surface area contributed by atoms with Gasteiger partial charge in [-0.3, -0.25) is 0 Å². The molecule has 0 amide bonds. The zero-order chi connectivity index (χ0) is 13.5. The molecule has 5 nitrogen and oxygen atoms in total. The van der Waals surface area contributed by atoms with Crippen molar-refractivity contribution in [2.45, 2.75) is 17.3 Å². The first-order valence-corrected chi connectivity index (χ1v) is 8.42. The molecule has 2 heterocycles. The molecule has 1 aromatic heterocycles. The fourth-order valence-corrected chi connectivity index (χ4v) is 5.08. The number of thiazole rings is 1. The van der Waals surface area contributed by atoms with E-state index in [0.717, 1.165) is 10.2 Å². The van der Waals surface area contributed by atoms with Gasteiger partial charge in [0.25, 0.3) is 10.0 Å². The number of piperazine rings is 1. The van der Waals surface area contributed by atoms with Crippen molar-refractivity contribution in [3.63, 3.8) is 0 Å². The summed E-state index contributed by atoms with van der Waals surface area (Å²) in [6, 6.07) is 7.67. The van der Waals surface area contributed by atoms with Gasteiger partial charge in [0.15, 0.2) is 0 Å². The van der Waals surface area contributed by atoms with Gasteiger partial charge in [0.1, 0.15) is 0 Å². The number of para-hydroxylation sites is 1. The number of nitrogens with zero attached hydrogens (tertiary/aromatic N) is 2. The van der Waals surface area contributed by atoms with E-state index in [4.69, 9.17) is 0 Å². The molecule has 0 spiro atoms. The highest BCUT2D eigenvalue weighted by molar-refractivity contribution is 7.91. The predicted molar refractivity (Wildman–Crippen MR) is 75.8 cm³/mol. The van der Waals surface area contributed by atoms with E-state index in [1.165, 1.54) is 15.6 Å². The molecule has 0 unspecified atom stereocenters. The van der Waals surface area contributed by atoms with Crippen molar-refractivity contribution in [3.8, 4) is 0 Å². The summed E-state index contributed by atoms with van der Waals surface area (Å²) in [5.74, 6) is 0. The van der Waals surface area contributed by atoms with Crippen LogP contribution in [-0.4, -0.2) is 43.4 Å². The number of aromatic nitrogens is 1. The summed E-state index contributed by atoms with van der Waals surface area (Å²) in [6.07, 6.45) is 0. The van der Waals surface area contributed by atoms with Crippen molar-refractivity contribution >= 4 is 31.6 Å². The minimum absolute atomic E-state index is 0.179. The largest absolute Gasteiger partial charge is 0.312 e. The zero-order valence-corrected chi connectivity index (χ0v) is 12.2. The Kier molecular flexibility index (Phi) is 3.30. The normalized spacial score (nSPS) is 21.8. The third-order valence-electron chi connectivity index (χ3n) is 3.17. The Bertz CT molecular complexity index is 663. The van der Waals surface area contributed by atoms with E-state index in [0.29, 0.717) is 19.6 Å². The van der Waals surface area contributed by atoms with Crippen LogP contribution in [0.3, 0.4) is 0 Å². The van der Waals surface area contributed by atoms with Gasteiger partial charge in [-0.05, 0) is 19.1 Å². The van der Waals surface area contributed by atoms with E-state index in [2.05, 4.69) is 10.3 Å². The molecule has 2 aromatic rings. The first kappa shape index (κ1) is 13.0. The predicted octanol–water partition coefficient (Wildman–Crippen LogP) is 1.28. The maximum absolute atomic E-state index is 12.5. The van der Waals surface area contributed by atoms with Crippen LogP contribution in [-0.2, 0) is 10.0 Å². The number of benzene rings is 1. The Labute approximate surface area is 116 Å². The Balaban J connectivity index is 1.99. The summed E-state index contributed by atoms with van der Waals surface area (Å²) in [5.41, 5.74) is 0.745. The molecule has 0 radical (unpaired) electrons. The van der Waals surface area contributed by atoms with Gasteiger partial charge >= 0.3 is 0 Å². The van der Waals surface area contributed by atoms with E-state index in [9.17, 15) is 8.42 Å². The van der Waals surface area contributed by atoms with Crippen LogP contribution in [0.2, 0.25) is 0 Å². The molecule has 1 fully saturated rings. The molecule has 0 saturated carbocycles. The highest BCUT2D eigenvalue weighted by Crippen LogP contribution is 2.27. The van der Waals surface area contributed by atoms with Gasteiger partial charge in [0, 0.05) is 25.7 Å². The first-order chi connectivity index (χ1) is 9.07. The quantitative estimate of drug-likeness (QED) is 0.907. The SMILES string of the molecule is C[C@@H]1CN(S(=O)(=O)c2nc3ccccc3s2)CCN1. The third kappa shape index (κ3) is 2.38. The van der Waals surface area contributed by atoms with Crippen LogP contribution < -0.4 is 5.32 Å². The Morgan fingerprint density at radius 1 is 1.42 bits per heavy atom. The average Bonchev–Trinajstić information content (AvgIpc) is 2.83. The van der Waals surface area contributed by atoms with Gasteiger partial charge in [-0.2, -0.15) is 4.31 Å². The maximum atomic E-state index is 12.5. The van der Waals surface area contributed by atoms with Crippen LogP contribution in [0.25, 0.3) is 10.2 Å². The van der Waals surface area contributed by atoms with Crippen molar-refractivity contribution in [1.82, 2.24) is 14.6 Å². The molecular formula is C12H15N3O2S2. The van der Waals surface area contributed by atoms with Gasteiger partial charge < -0.3 is 5.32 Å². The molecule has 19 heavy (non-hydrogen) atoms. The second-order valence-electron chi connectivity index (χ2n) is 4.67. The average molecular weight is 297 g/mol. The molecule has 1 atom stereocenters. The summed E-state index contributed by atoms with van der Waals surface area (Å²) in [7, 11) is -3.46. The van der Waals surface area contributed by atoms with E-state index >= 15 is 0 Å². The van der Waals surface area contributed by atoms with E-state index < -0.39 is 10.0 Å². The lowest BCUT2D eigenvalue weighted by Crippen LogP contribution is -2.51. The first-order valence-electron chi connectivity index (χ1n) is 6.16. The number of hydrogen-bond acceptors (Lipinski definition) is 5. The van der Waals surface area contributed by atoms with Crippen molar-refractivity contribution in [3.05, 3.63) is 24.3 Å². The Morgan fingerprint density at radius 2 is 2.21 bits per heavy atom. The van der Waals surface area contributed by atoms with Gasteiger partial charge in [-0.1, -0.05) is 12.1 Å². The minimum Gasteiger partial charge on any atom is -0.312 e. The second-order valence-corrected chi connectivity index (χ2v) is 7.81. The highest BCUT2D eigenvalue weighted by Gasteiger charge is 2.31. The molecule has 1 aliphatic rings.